The molecule has 1 aromatic carbocycles. The van der Waals surface area contributed by atoms with Crippen molar-refractivity contribution in [1.29, 1.82) is 0 Å². The standard InChI is InChI=1S/C22H29N7O2/c1-13(2)29-19(8-9-24-29)26-21(30)16-6-7-18(28-11-14(3)25-15(4)12-28)17-10-23-22(31-5)27-20(16)17/h6-10,13-15,25H,11-12H2,1-5H3,(H,26,30)/t14-,15-/m0/s1. The van der Waals surface area contributed by atoms with Crippen molar-refractivity contribution < 1.29 is 9.53 Å². The average Bonchev–Trinajstić information content (AvgIpc) is 3.20. The monoisotopic (exact) mass is 423 g/mol. The number of hydrogen-bond acceptors (Lipinski definition) is 7. The first-order chi connectivity index (χ1) is 14.9. The quantitative estimate of drug-likeness (QED) is 0.651. The Bertz CT molecular complexity index is 1080. The van der Waals surface area contributed by atoms with Gasteiger partial charge in [0.2, 0.25) is 0 Å². The lowest BCUT2D eigenvalue weighted by molar-refractivity contribution is 0.102. The fourth-order valence-corrected chi connectivity index (χ4v) is 4.18. The highest BCUT2D eigenvalue weighted by Crippen LogP contribution is 2.31. The van der Waals surface area contributed by atoms with Gasteiger partial charge in [0.1, 0.15) is 5.82 Å². The molecule has 2 N–H and O–H groups in total. The van der Waals surface area contributed by atoms with Gasteiger partial charge in [-0.1, -0.05) is 0 Å². The third-order valence-corrected chi connectivity index (χ3v) is 5.43. The SMILES string of the molecule is COc1ncc2c(N3C[C@H](C)N[C@@H](C)C3)ccc(C(=O)Nc3ccnn3C(C)C)c2n1. The topological polar surface area (TPSA) is 97.2 Å². The van der Waals surface area contributed by atoms with Crippen LogP contribution in [-0.4, -0.2) is 57.9 Å². The molecule has 1 saturated heterocycles. The first kappa shape index (κ1) is 21.0. The number of fused-ring (bicyclic) bond motifs is 1. The highest BCUT2D eigenvalue weighted by molar-refractivity contribution is 6.13. The van der Waals surface area contributed by atoms with Crippen LogP contribution < -0.4 is 20.3 Å². The Morgan fingerprint density at radius 1 is 1.23 bits per heavy atom. The number of anilines is 2. The second-order valence-electron chi connectivity index (χ2n) is 8.33. The lowest BCUT2D eigenvalue weighted by Crippen LogP contribution is -2.54. The van der Waals surface area contributed by atoms with E-state index in [4.69, 9.17) is 4.74 Å². The normalized spacial score (nSPS) is 19.1. The Morgan fingerprint density at radius 3 is 2.65 bits per heavy atom. The average molecular weight is 424 g/mol. The minimum absolute atomic E-state index is 0.128. The number of nitrogens with zero attached hydrogens (tertiary/aromatic N) is 5. The van der Waals surface area contributed by atoms with Crippen LogP contribution in [0.1, 0.15) is 44.1 Å². The minimum atomic E-state index is -0.248. The number of hydrogen-bond donors (Lipinski definition) is 2. The molecule has 0 aliphatic carbocycles. The van der Waals surface area contributed by atoms with Crippen LogP contribution in [0, 0.1) is 0 Å². The van der Waals surface area contributed by atoms with E-state index in [0.717, 1.165) is 24.2 Å². The molecule has 9 heteroatoms. The molecule has 1 amide bonds. The van der Waals surface area contributed by atoms with Crippen molar-refractivity contribution in [1.82, 2.24) is 25.1 Å². The molecule has 2 atom stereocenters. The summed E-state index contributed by atoms with van der Waals surface area (Å²) in [6.45, 7) is 10.1. The molecular formula is C22H29N7O2. The van der Waals surface area contributed by atoms with Crippen molar-refractivity contribution in [3.63, 3.8) is 0 Å². The smallest absolute Gasteiger partial charge is 0.316 e. The number of ether oxygens (including phenoxy) is 1. The minimum Gasteiger partial charge on any atom is -0.467 e. The summed E-state index contributed by atoms with van der Waals surface area (Å²) in [6, 6.07) is 6.67. The van der Waals surface area contributed by atoms with E-state index in [1.165, 1.54) is 7.11 Å². The van der Waals surface area contributed by atoms with Crippen molar-refractivity contribution in [3.05, 3.63) is 36.2 Å². The van der Waals surface area contributed by atoms with Gasteiger partial charge in [0.05, 0.1) is 24.4 Å². The zero-order valence-corrected chi connectivity index (χ0v) is 18.6. The van der Waals surface area contributed by atoms with Crippen LogP contribution in [0.2, 0.25) is 0 Å². The molecule has 0 radical (unpaired) electrons. The first-order valence-corrected chi connectivity index (χ1v) is 10.6. The summed E-state index contributed by atoms with van der Waals surface area (Å²) in [7, 11) is 1.52. The van der Waals surface area contributed by atoms with Crippen molar-refractivity contribution in [2.45, 2.75) is 45.8 Å². The predicted octanol–water partition coefficient (Wildman–Crippen LogP) is 2.85. The van der Waals surface area contributed by atoms with Crippen molar-refractivity contribution in [3.8, 4) is 6.01 Å². The van der Waals surface area contributed by atoms with Gasteiger partial charge in [0.15, 0.2) is 0 Å². The second kappa shape index (κ2) is 8.50. The third kappa shape index (κ3) is 4.18. The Kier molecular flexibility index (Phi) is 5.77. The molecule has 2 aromatic heterocycles. The zero-order chi connectivity index (χ0) is 22.1. The van der Waals surface area contributed by atoms with E-state index in [2.05, 4.69) is 44.4 Å². The molecule has 31 heavy (non-hydrogen) atoms. The number of benzene rings is 1. The number of nitrogens with one attached hydrogen (secondary N) is 2. The summed E-state index contributed by atoms with van der Waals surface area (Å²) in [6.07, 6.45) is 3.41. The van der Waals surface area contributed by atoms with E-state index in [9.17, 15) is 4.79 Å². The third-order valence-electron chi connectivity index (χ3n) is 5.43. The maximum Gasteiger partial charge on any atom is 0.316 e. The van der Waals surface area contributed by atoms with Gasteiger partial charge >= 0.3 is 6.01 Å². The molecule has 1 aliphatic heterocycles. The van der Waals surface area contributed by atoms with E-state index in [-0.39, 0.29) is 18.0 Å². The first-order valence-electron chi connectivity index (χ1n) is 10.6. The molecular weight excluding hydrogens is 394 g/mol. The van der Waals surface area contributed by atoms with Gasteiger partial charge in [-0.3, -0.25) is 4.79 Å². The molecule has 0 saturated carbocycles. The summed E-state index contributed by atoms with van der Waals surface area (Å²) in [5, 5.41) is 11.6. The zero-order valence-electron chi connectivity index (χ0n) is 18.6. The molecule has 9 nitrogen and oxygen atoms in total. The molecule has 0 spiro atoms. The largest absolute Gasteiger partial charge is 0.467 e. The number of amides is 1. The number of aromatic nitrogens is 4. The van der Waals surface area contributed by atoms with E-state index in [0.29, 0.717) is 29.0 Å². The predicted molar refractivity (Wildman–Crippen MR) is 121 cm³/mol. The molecule has 164 valence electrons. The second-order valence-corrected chi connectivity index (χ2v) is 8.33. The number of carbonyl (C=O) groups is 1. The fraction of sp³-hybridized carbons (Fsp3) is 0.455. The van der Waals surface area contributed by atoms with Gasteiger partial charge in [0.25, 0.3) is 5.91 Å². The van der Waals surface area contributed by atoms with Crippen molar-refractivity contribution in [2.24, 2.45) is 0 Å². The highest BCUT2D eigenvalue weighted by atomic mass is 16.5. The summed E-state index contributed by atoms with van der Waals surface area (Å²) in [5.74, 6) is 0.393. The molecule has 1 aliphatic rings. The van der Waals surface area contributed by atoms with Gasteiger partial charge < -0.3 is 20.3 Å². The number of piperazine rings is 1. The number of carbonyl (C=O) groups excluding carboxylic acids is 1. The van der Waals surface area contributed by atoms with Gasteiger partial charge in [0, 0.05) is 54.6 Å². The van der Waals surface area contributed by atoms with Crippen LogP contribution in [0.5, 0.6) is 6.01 Å². The van der Waals surface area contributed by atoms with Gasteiger partial charge in [-0.05, 0) is 39.8 Å². The van der Waals surface area contributed by atoms with Crippen LogP contribution in [0.15, 0.2) is 30.6 Å². The van der Waals surface area contributed by atoms with Gasteiger partial charge in [-0.2, -0.15) is 10.1 Å². The van der Waals surface area contributed by atoms with Crippen LogP contribution >= 0.6 is 0 Å². The van der Waals surface area contributed by atoms with E-state index >= 15 is 0 Å². The van der Waals surface area contributed by atoms with Gasteiger partial charge in [-0.25, -0.2) is 9.67 Å². The molecule has 0 bridgehead atoms. The summed E-state index contributed by atoms with van der Waals surface area (Å²) in [5.41, 5.74) is 2.05. The van der Waals surface area contributed by atoms with Crippen LogP contribution in [0.3, 0.4) is 0 Å². The number of methoxy groups -OCH3 is 1. The Balaban J connectivity index is 1.75. The van der Waals surface area contributed by atoms with Crippen LogP contribution in [0.25, 0.3) is 10.9 Å². The van der Waals surface area contributed by atoms with Crippen LogP contribution in [-0.2, 0) is 0 Å². The number of rotatable bonds is 5. The molecule has 0 unspecified atom stereocenters. The van der Waals surface area contributed by atoms with Crippen LogP contribution in [0.4, 0.5) is 11.5 Å². The Labute approximate surface area is 181 Å². The molecule has 3 aromatic rings. The lowest BCUT2D eigenvalue weighted by Gasteiger charge is -2.38. The lowest BCUT2D eigenvalue weighted by atomic mass is 10.0. The summed E-state index contributed by atoms with van der Waals surface area (Å²) in [4.78, 5) is 24.4. The fourth-order valence-electron chi connectivity index (χ4n) is 4.18. The molecule has 3 heterocycles. The molecule has 4 rings (SSSR count). The van der Waals surface area contributed by atoms with Crippen molar-refractivity contribution in [2.75, 3.05) is 30.4 Å². The van der Waals surface area contributed by atoms with E-state index in [1.807, 2.05) is 26.0 Å². The highest BCUT2D eigenvalue weighted by Gasteiger charge is 2.25. The maximum absolute atomic E-state index is 13.2. The summed E-state index contributed by atoms with van der Waals surface area (Å²) >= 11 is 0. The molecule has 1 fully saturated rings. The Morgan fingerprint density at radius 2 is 1.97 bits per heavy atom. The van der Waals surface area contributed by atoms with Gasteiger partial charge in [-0.15, -0.1) is 0 Å². The summed E-state index contributed by atoms with van der Waals surface area (Å²) < 4.78 is 7.01. The Hall–Kier alpha value is -3.20. The van der Waals surface area contributed by atoms with Crippen molar-refractivity contribution >= 4 is 28.3 Å². The maximum atomic E-state index is 13.2. The van der Waals surface area contributed by atoms with E-state index < -0.39 is 0 Å². The van der Waals surface area contributed by atoms with E-state index in [1.54, 1.807) is 23.1 Å².